The molecular formula is C15H23N3O. The lowest BCUT2D eigenvalue weighted by Crippen LogP contribution is -2.36. The van der Waals surface area contributed by atoms with Crippen molar-refractivity contribution in [2.45, 2.75) is 32.7 Å². The van der Waals surface area contributed by atoms with Gasteiger partial charge in [0.15, 0.2) is 0 Å². The molecule has 1 aromatic rings. The normalized spacial score (nSPS) is 16.6. The highest BCUT2D eigenvalue weighted by atomic mass is 16.1. The van der Waals surface area contributed by atoms with E-state index in [1.54, 1.807) is 0 Å². The van der Waals surface area contributed by atoms with Gasteiger partial charge in [-0.2, -0.15) is 0 Å². The average Bonchev–Trinajstić information content (AvgIpc) is 2.39. The molecule has 0 radical (unpaired) electrons. The molecule has 1 amide bonds. The number of primary amides is 1. The highest BCUT2D eigenvalue weighted by Gasteiger charge is 2.22. The Balaban J connectivity index is 2.07. The van der Waals surface area contributed by atoms with E-state index in [9.17, 15) is 4.79 Å². The lowest BCUT2D eigenvalue weighted by molar-refractivity contribution is -0.119. The molecule has 0 bridgehead atoms. The van der Waals surface area contributed by atoms with Gasteiger partial charge in [-0.25, -0.2) is 0 Å². The van der Waals surface area contributed by atoms with Gasteiger partial charge in [0.1, 0.15) is 0 Å². The predicted octanol–water partition coefficient (Wildman–Crippen LogP) is 1.55. The van der Waals surface area contributed by atoms with E-state index in [1.165, 1.54) is 16.8 Å². The number of carbonyl (C=O) groups excluding carboxylic acids is 1. The molecule has 0 spiro atoms. The molecule has 0 aromatic heterocycles. The molecule has 1 aliphatic rings. The minimum Gasteiger partial charge on any atom is -0.371 e. The SMILES string of the molecule is Cc1cccc(CN)c1N1CCC(CC(N)=O)CC1. The monoisotopic (exact) mass is 261 g/mol. The van der Waals surface area contributed by atoms with Gasteiger partial charge in [-0.05, 0) is 36.8 Å². The van der Waals surface area contributed by atoms with E-state index in [0.717, 1.165) is 25.9 Å². The zero-order chi connectivity index (χ0) is 13.8. The smallest absolute Gasteiger partial charge is 0.217 e. The quantitative estimate of drug-likeness (QED) is 0.863. The van der Waals surface area contributed by atoms with E-state index in [1.807, 2.05) is 0 Å². The van der Waals surface area contributed by atoms with Crippen LogP contribution in [0.4, 0.5) is 5.69 Å². The summed E-state index contributed by atoms with van der Waals surface area (Å²) in [7, 11) is 0. The van der Waals surface area contributed by atoms with Gasteiger partial charge in [0, 0.05) is 31.7 Å². The number of carbonyl (C=O) groups is 1. The molecule has 104 valence electrons. The molecule has 1 aromatic carbocycles. The first-order valence-corrected chi connectivity index (χ1v) is 6.93. The Labute approximate surface area is 114 Å². The summed E-state index contributed by atoms with van der Waals surface area (Å²) in [5.41, 5.74) is 14.9. The maximum absolute atomic E-state index is 11.0. The lowest BCUT2D eigenvalue weighted by Gasteiger charge is -2.35. The number of hydrogen-bond donors (Lipinski definition) is 2. The maximum atomic E-state index is 11.0. The number of hydrogen-bond acceptors (Lipinski definition) is 3. The predicted molar refractivity (Wildman–Crippen MR) is 77.8 cm³/mol. The van der Waals surface area contributed by atoms with Crippen LogP contribution in [-0.2, 0) is 11.3 Å². The fraction of sp³-hybridized carbons (Fsp3) is 0.533. The summed E-state index contributed by atoms with van der Waals surface area (Å²) in [5.74, 6) is 0.260. The number of amides is 1. The molecule has 0 unspecified atom stereocenters. The van der Waals surface area contributed by atoms with Crippen LogP contribution in [-0.4, -0.2) is 19.0 Å². The number of aryl methyl sites for hydroxylation is 1. The Hall–Kier alpha value is -1.55. The van der Waals surface area contributed by atoms with E-state index in [2.05, 4.69) is 30.0 Å². The summed E-state index contributed by atoms with van der Waals surface area (Å²) in [6.07, 6.45) is 2.58. The number of nitrogens with two attached hydrogens (primary N) is 2. The van der Waals surface area contributed by atoms with Gasteiger partial charge < -0.3 is 16.4 Å². The standard InChI is InChI=1S/C15H23N3O/c1-11-3-2-4-13(10-16)15(11)18-7-5-12(6-8-18)9-14(17)19/h2-4,12H,5-10,16H2,1H3,(H2,17,19). The first kappa shape index (κ1) is 13.9. The second-order valence-corrected chi connectivity index (χ2v) is 5.39. The minimum absolute atomic E-state index is 0.183. The highest BCUT2D eigenvalue weighted by Crippen LogP contribution is 2.30. The number of anilines is 1. The van der Waals surface area contributed by atoms with Crippen molar-refractivity contribution >= 4 is 11.6 Å². The average molecular weight is 261 g/mol. The third-order valence-corrected chi connectivity index (χ3v) is 3.96. The second kappa shape index (κ2) is 6.06. The summed E-state index contributed by atoms with van der Waals surface area (Å²) >= 11 is 0. The van der Waals surface area contributed by atoms with Crippen molar-refractivity contribution < 1.29 is 4.79 Å². The molecule has 0 atom stereocenters. The van der Waals surface area contributed by atoms with Crippen LogP contribution in [0, 0.1) is 12.8 Å². The summed E-state index contributed by atoms with van der Waals surface area (Å²) in [6.45, 7) is 4.66. The molecule has 2 rings (SSSR count). The highest BCUT2D eigenvalue weighted by molar-refractivity contribution is 5.74. The molecule has 4 N–H and O–H groups in total. The van der Waals surface area contributed by atoms with Crippen LogP contribution in [0.15, 0.2) is 18.2 Å². The van der Waals surface area contributed by atoms with Gasteiger partial charge in [0.25, 0.3) is 0 Å². The lowest BCUT2D eigenvalue weighted by atomic mass is 9.92. The number of piperidine rings is 1. The zero-order valence-corrected chi connectivity index (χ0v) is 11.6. The third-order valence-electron chi connectivity index (χ3n) is 3.96. The van der Waals surface area contributed by atoms with Gasteiger partial charge in [-0.1, -0.05) is 18.2 Å². The number of para-hydroxylation sites is 1. The molecule has 1 fully saturated rings. The Morgan fingerprint density at radius 2 is 2.05 bits per heavy atom. The molecule has 1 aliphatic heterocycles. The summed E-state index contributed by atoms with van der Waals surface area (Å²) in [4.78, 5) is 13.4. The molecule has 4 heteroatoms. The fourth-order valence-corrected chi connectivity index (χ4v) is 2.98. The van der Waals surface area contributed by atoms with E-state index >= 15 is 0 Å². The molecule has 0 saturated carbocycles. The van der Waals surface area contributed by atoms with E-state index < -0.39 is 0 Å². The minimum atomic E-state index is -0.183. The molecule has 0 aliphatic carbocycles. The second-order valence-electron chi connectivity index (χ2n) is 5.39. The summed E-state index contributed by atoms with van der Waals surface area (Å²) in [6, 6.07) is 6.28. The molecule has 1 saturated heterocycles. The van der Waals surface area contributed by atoms with Gasteiger partial charge in [-0.15, -0.1) is 0 Å². The van der Waals surface area contributed by atoms with Crippen molar-refractivity contribution in [2.24, 2.45) is 17.4 Å². The Morgan fingerprint density at radius 3 is 2.63 bits per heavy atom. The van der Waals surface area contributed by atoms with Crippen molar-refractivity contribution in [1.29, 1.82) is 0 Å². The zero-order valence-electron chi connectivity index (χ0n) is 11.6. The van der Waals surface area contributed by atoms with Crippen LogP contribution in [0.2, 0.25) is 0 Å². The first-order valence-electron chi connectivity index (χ1n) is 6.93. The number of benzene rings is 1. The van der Waals surface area contributed by atoms with Gasteiger partial charge >= 0.3 is 0 Å². The van der Waals surface area contributed by atoms with Crippen LogP contribution >= 0.6 is 0 Å². The van der Waals surface area contributed by atoms with Crippen LogP contribution in [0.5, 0.6) is 0 Å². The summed E-state index contributed by atoms with van der Waals surface area (Å²) < 4.78 is 0. The Kier molecular flexibility index (Phi) is 4.43. The maximum Gasteiger partial charge on any atom is 0.217 e. The molecular weight excluding hydrogens is 238 g/mol. The summed E-state index contributed by atoms with van der Waals surface area (Å²) in [5, 5.41) is 0. The number of rotatable bonds is 4. The topological polar surface area (TPSA) is 72.3 Å². The molecule has 1 heterocycles. The van der Waals surface area contributed by atoms with Crippen LogP contribution in [0.25, 0.3) is 0 Å². The van der Waals surface area contributed by atoms with Crippen molar-refractivity contribution in [3.05, 3.63) is 29.3 Å². The Morgan fingerprint density at radius 1 is 1.37 bits per heavy atom. The van der Waals surface area contributed by atoms with Crippen LogP contribution in [0.3, 0.4) is 0 Å². The van der Waals surface area contributed by atoms with Crippen molar-refractivity contribution in [1.82, 2.24) is 0 Å². The Bertz CT molecular complexity index is 451. The van der Waals surface area contributed by atoms with Crippen molar-refractivity contribution in [2.75, 3.05) is 18.0 Å². The van der Waals surface area contributed by atoms with Gasteiger partial charge in [-0.3, -0.25) is 4.79 Å². The molecule has 4 nitrogen and oxygen atoms in total. The largest absolute Gasteiger partial charge is 0.371 e. The first-order chi connectivity index (χ1) is 9.11. The van der Waals surface area contributed by atoms with Crippen LogP contribution in [0.1, 0.15) is 30.4 Å². The van der Waals surface area contributed by atoms with Gasteiger partial charge in [0.2, 0.25) is 5.91 Å². The number of nitrogens with zero attached hydrogens (tertiary/aromatic N) is 1. The van der Waals surface area contributed by atoms with Crippen molar-refractivity contribution in [3.63, 3.8) is 0 Å². The van der Waals surface area contributed by atoms with E-state index in [4.69, 9.17) is 11.5 Å². The van der Waals surface area contributed by atoms with Crippen LogP contribution < -0.4 is 16.4 Å². The molecule has 19 heavy (non-hydrogen) atoms. The van der Waals surface area contributed by atoms with E-state index in [-0.39, 0.29) is 5.91 Å². The van der Waals surface area contributed by atoms with Crippen molar-refractivity contribution in [3.8, 4) is 0 Å². The van der Waals surface area contributed by atoms with E-state index in [0.29, 0.717) is 18.9 Å². The third kappa shape index (κ3) is 3.26. The fourth-order valence-electron chi connectivity index (χ4n) is 2.98. The van der Waals surface area contributed by atoms with Gasteiger partial charge in [0.05, 0.1) is 0 Å².